The van der Waals surface area contributed by atoms with Gasteiger partial charge in [0.1, 0.15) is 5.82 Å². The lowest BCUT2D eigenvalue weighted by molar-refractivity contribution is 1.01. The summed E-state index contributed by atoms with van der Waals surface area (Å²) >= 11 is 3.53. The lowest BCUT2D eigenvalue weighted by Crippen LogP contribution is -2.06. The SMILES string of the molecule is Cc1cnc(NCCc2c[nH]c3ccccc23)c(Br)c1. The van der Waals surface area contributed by atoms with Gasteiger partial charge in [-0.3, -0.25) is 0 Å². The Morgan fingerprint density at radius 2 is 2.15 bits per heavy atom. The number of benzene rings is 1. The van der Waals surface area contributed by atoms with Gasteiger partial charge in [-0.25, -0.2) is 4.98 Å². The number of halogens is 1. The van der Waals surface area contributed by atoms with Gasteiger partial charge in [-0.1, -0.05) is 18.2 Å². The van der Waals surface area contributed by atoms with E-state index in [9.17, 15) is 0 Å². The molecule has 2 aromatic heterocycles. The Bertz CT molecular complexity index is 733. The third kappa shape index (κ3) is 2.70. The van der Waals surface area contributed by atoms with Crippen LogP contribution in [0.4, 0.5) is 5.82 Å². The van der Waals surface area contributed by atoms with Crippen LogP contribution in [-0.2, 0) is 6.42 Å². The van der Waals surface area contributed by atoms with Crippen LogP contribution < -0.4 is 5.32 Å². The molecule has 0 aliphatic rings. The van der Waals surface area contributed by atoms with E-state index >= 15 is 0 Å². The van der Waals surface area contributed by atoms with E-state index < -0.39 is 0 Å². The molecule has 0 aliphatic carbocycles. The van der Waals surface area contributed by atoms with E-state index in [1.54, 1.807) is 0 Å². The smallest absolute Gasteiger partial charge is 0.140 e. The number of H-pyrrole nitrogens is 1. The first kappa shape index (κ1) is 13.2. The standard InChI is InChI=1S/C16H16BrN3/c1-11-8-14(17)16(20-9-11)18-7-6-12-10-19-15-5-3-2-4-13(12)15/h2-5,8-10,19H,6-7H2,1H3,(H,18,20). The van der Waals surface area contributed by atoms with E-state index in [2.05, 4.69) is 61.7 Å². The molecule has 3 rings (SSSR count). The summed E-state index contributed by atoms with van der Waals surface area (Å²) in [5.74, 6) is 0.899. The fraction of sp³-hybridized carbons (Fsp3) is 0.188. The minimum absolute atomic E-state index is 0.858. The summed E-state index contributed by atoms with van der Waals surface area (Å²) in [7, 11) is 0. The van der Waals surface area contributed by atoms with E-state index in [1.807, 2.05) is 19.2 Å². The molecule has 0 spiro atoms. The number of hydrogen-bond donors (Lipinski definition) is 2. The number of rotatable bonds is 4. The molecule has 0 atom stereocenters. The van der Waals surface area contributed by atoms with Crippen LogP contribution in [0.1, 0.15) is 11.1 Å². The molecular formula is C16H16BrN3. The molecule has 0 radical (unpaired) electrons. The Labute approximate surface area is 126 Å². The number of pyridine rings is 1. The first-order valence-electron chi connectivity index (χ1n) is 6.65. The number of aromatic amines is 1. The zero-order valence-electron chi connectivity index (χ0n) is 11.3. The molecule has 2 N–H and O–H groups in total. The van der Waals surface area contributed by atoms with E-state index in [0.717, 1.165) is 28.8 Å². The Morgan fingerprint density at radius 3 is 3.00 bits per heavy atom. The quantitative estimate of drug-likeness (QED) is 0.749. The van der Waals surface area contributed by atoms with Crippen molar-refractivity contribution in [3.05, 3.63) is 58.3 Å². The molecular weight excluding hydrogens is 314 g/mol. The number of fused-ring (bicyclic) bond motifs is 1. The van der Waals surface area contributed by atoms with Crippen molar-refractivity contribution in [2.24, 2.45) is 0 Å². The molecule has 0 aliphatic heterocycles. The van der Waals surface area contributed by atoms with Crippen molar-refractivity contribution in [1.82, 2.24) is 9.97 Å². The van der Waals surface area contributed by atoms with Crippen LogP contribution in [0.3, 0.4) is 0 Å². The van der Waals surface area contributed by atoms with Gasteiger partial charge in [0.25, 0.3) is 0 Å². The summed E-state index contributed by atoms with van der Waals surface area (Å²) in [5.41, 5.74) is 3.67. The second-order valence-corrected chi connectivity index (χ2v) is 5.73. The molecule has 20 heavy (non-hydrogen) atoms. The van der Waals surface area contributed by atoms with Gasteiger partial charge in [0.15, 0.2) is 0 Å². The zero-order valence-corrected chi connectivity index (χ0v) is 12.9. The molecule has 0 amide bonds. The van der Waals surface area contributed by atoms with Gasteiger partial charge >= 0.3 is 0 Å². The number of nitrogens with zero attached hydrogens (tertiary/aromatic N) is 1. The van der Waals surface area contributed by atoms with Crippen molar-refractivity contribution in [3.8, 4) is 0 Å². The average molecular weight is 330 g/mol. The maximum atomic E-state index is 4.39. The van der Waals surface area contributed by atoms with Crippen LogP contribution in [0.5, 0.6) is 0 Å². The Balaban J connectivity index is 1.68. The van der Waals surface area contributed by atoms with Crippen molar-refractivity contribution >= 4 is 32.7 Å². The van der Waals surface area contributed by atoms with Gasteiger partial charge in [0, 0.05) is 29.8 Å². The first-order valence-corrected chi connectivity index (χ1v) is 7.44. The summed E-state index contributed by atoms with van der Waals surface area (Å²) in [5, 5.41) is 4.67. The number of nitrogens with one attached hydrogen (secondary N) is 2. The second-order valence-electron chi connectivity index (χ2n) is 4.88. The first-order chi connectivity index (χ1) is 9.74. The Hall–Kier alpha value is -1.81. The van der Waals surface area contributed by atoms with E-state index in [4.69, 9.17) is 0 Å². The van der Waals surface area contributed by atoms with Gasteiger partial charge in [0.2, 0.25) is 0 Å². The van der Waals surface area contributed by atoms with E-state index in [-0.39, 0.29) is 0 Å². The highest BCUT2D eigenvalue weighted by Crippen LogP contribution is 2.21. The minimum Gasteiger partial charge on any atom is -0.369 e. The highest BCUT2D eigenvalue weighted by Gasteiger charge is 2.04. The summed E-state index contributed by atoms with van der Waals surface area (Å²) in [6, 6.07) is 10.5. The van der Waals surface area contributed by atoms with Crippen LogP contribution in [0, 0.1) is 6.92 Å². The lowest BCUT2D eigenvalue weighted by atomic mass is 10.1. The highest BCUT2D eigenvalue weighted by molar-refractivity contribution is 9.10. The van der Waals surface area contributed by atoms with Gasteiger partial charge < -0.3 is 10.3 Å². The molecule has 4 heteroatoms. The van der Waals surface area contributed by atoms with Crippen molar-refractivity contribution in [3.63, 3.8) is 0 Å². The van der Waals surface area contributed by atoms with Crippen LogP contribution >= 0.6 is 15.9 Å². The average Bonchev–Trinajstić information content (AvgIpc) is 2.85. The van der Waals surface area contributed by atoms with Gasteiger partial charge in [0.05, 0.1) is 4.47 Å². The fourth-order valence-corrected chi connectivity index (χ4v) is 2.92. The lowest BCUT2D eigenvalue weighted by Gasteiger charge is -2.07. The molecule has 0 fully saturated rings. The molecule has 0 unspecified atom stereocenters. The Morgan fingerprint density at radius 1 is 1.30 bits per heavy atom. The topological polar surface area (TPSA) is 40.7 Å². The van der Waals surface area contributed by atoms with E-state index in [0.29, 0.717) is 0 Å². The summed E-state index contributed by atoms with van der Waals surface area (Å²) < 4.78 is 1.01. The largest absolute Gasteiger partial charge is 0.369 e. The molecule has 0 saturated carbocycles. The molecule has 102 valence electrons. The molecule has 0 saturated heterocycles. The maximum Gasteiger partial charge on any atom is 0.140 e. The maximum absolute atomic E-state index is 4.39. The van der Waals surface area contributed by atoms with Crippen LogP contribution in [0.25, 0.3) is 10.9 Å². The van der Waals surface area contributed by atoms with Crippen LogP contribution in [0.15, 0.2) is 47.2 Å². The monoisotopic (exact) mass is 329 g/mol. The van der Waals surface area contributed by atoms with E-state index in [1.165, 1.54) is 16.5 Å². The molecule has 1 aromatic carbocycles. The van der Waals surface area contributed by atoms with Crippen molar-refractivity contribution in [2.45, 2.75) is 13.3 Å². The normalized spacial score (nSPS) is 10.9. The molecule has 3 nitrogen and oxygen atoms in total. The number of anilines is 1. The highest BCUT2D eigenvalue weighted by atomic mass is 79.9. The number of para-hydroxylation sites is 1. The number of hydrogen-bond acceptors (Lipinski definition) is 2. The minimum atomic E-state index is 0.858. The number of aryl methyl sites for hydroxylation is 1. The third-order valence-corrected chi connectivity index (χ3v) is 3.94. The summed E-state index contributed by atoms with van der Waals surface area (Å²) in [6.45, 7) is 2.89. The van der Waals surface area contributed by atoms with Gasteiger partial charge in [-0.2, -0.15) is 0 Å². The van der Waals surface area contributed by atoms with Gasteiger partial charge in [-0.15, -0.1) is 0 Å². The predicted octanol–water partition coefficient (Wildman–Crippen LogP) is 4.29. The van der Waals surface area contributed by atoms with Gasteiger partial charge in [-0.05, 0) is 52.5 Å². The summed E-state index contributed by atoms with van der Waals surface area (Å²) in [4.78, 5) is 7.70. The van der Waals surface area contributed by atoms with Crippen LogP contribution in [0.2, 0.25) is 0 Å². The molecule has 3 aromatic rings. The van der Waals surface area contributed by atoms with Crippen molar-refractivity contribution in [1.29, 1.82) is 0 Å². The predicted molar refractivity (Wildman–Crippen MR) is 87.2 cm³/mol. The zero-order chi connectivity index (χ0) is 13.9. The second kappa shape index (κ2) is 5.67. The van der Waals surface area contributed by atoms with Crippen molar-refractivity contribution < 1.29 is 0 Å². The van der Waals surface area contributed by atoms with Crippen LogP contribution in [-0.4, -0.2) is 16.5 Å². The molecule has 2 heterocycles. The summed E-state index contributed by atoms with van der Waals surface area (Å²) in [6.07, 6.45) is 4.93. The Kier molecular flexibility index (Phi) is 3.74. The fourth-order valence-electron chi connectivity index (χ4n) is 2.32. The molecule has 0 bridgehead atoms. The number of aromatic nitrogens is 2. The van der Waals surface area contributed by atoms with Crippen molar-refractivity contribution in [2.75, 3.05) is 11.9 Å². The third-order valence-electron chi connectivity index (χ3n) is 3.34.